The van der Waals surface area contributed by atoms with E-state index >= 15 is 0 Å². The first-order valence-electron chi connectivity index (χ1n) is 5.18. The molecule has 2 nitrogen and oxygen atoms in total. The van der Waals surface area contributed by atoms with Crippen molar-refractivity contribution in [3.05, 3.63) is 58.6 Å². The van der Waals surface area contributed by atoms with Gasteiger partial charge in [-0.3, -0.25) is 0 Å². The van der Waals surface area contributed by atoms with Gasteiger partial charge in [-0.25, -0.2) is 8.78 Å². The highest BCUT2D eigenvalue weighted by Gasteiger charge is 2.08. The first kappa shape index (κ1) is 12.6. The molecule has 5 heteroatoms. The highest BCUT2D eigenvalue weighted by atomic mass is 35.5. The van der Waals surface area contributed by atoms with E-state index < -0.39 is 11.6 Å². The molecule has 0 fully saturated rings. The number of benzene rings is 2. The zero-order chi connectivity index (χ0) is 13.1. The van der Waals surface area contributed by atoms with E-state index in [1.165, 1.54) is 30.3 Å². The van der Waals surface area contributed by atoms with Crippen LogP contribution in [0.1, 0.15) is 5.56 Å². The van der Waals surface area contributed by atoms with E-state index in [1.807, 2.05) is 0 Å². The van der Waals surface area contributed by atoms with Gasteiger partial charge in [0.25, 0.3) is 0 Å². The summed E-state index contributed by atoms with van der Waals surface area (Å²) in [5, 5.41) is -0.0280. The molecule has 0 saturated carbocycles. The average Bonchev–Trinajstić information content (AvgIpc) is 2.35. The van der Waals surface area contributed by atoms with E-state index in [-0.39, 0.29) is 17.4 Å². The highest BCUT2D eigenvalue weighted by Crippen LogP contribution is 2.25. The maximum absolute atomic E-state index is 13.5. The lowest BCUT2D eigenvalue weighted by molar-refractivity contribution is 0.290. The third-order valence-electron chi connectivity index (χ3n) is 2.40. The Hall–Kier alpha value is -1.81. The maximum atomic E-state index is 13.5. The first-order chi connectivity index (χ1) is 8.58. The van der Waals surface area contributed by atoms with Crippen molar-refractivity contribution < 1.29 is 13.5 Å². The molecule has 0 spiro atoms. The largest absolute Gasteiger partial charge is 0.486 e. The molecule has 0 aliphatic rings. The zero-order valence-electron chi connectivity index (χ0n) is 9.29. The molecule has 0 atom stereocenters. The van der Waals surface area contributed by atoms with E-state index in [1.54, 1.807) is 6.07 Å². The normalized spacial score (nSPS) is 10.4. The van der Waals surface area contributed by atoms with E-state index in [2.05, 4.69) is 0 Å². The molecular weight excluding hydrogens is 260 g/mol. The zero-order valence-corrected chi connectivity index (χ0v) is 10.0. The van der Waals surface area contributed by atoms with Crippen LogP contribution in [0, 0.1) is 11.6 Å². The van der Waals surface area contributed by atoms with Gasteiger partial charge in [0.15, 0.2) is 11.6 Å². The number of nitrogen functional groups attached to an aromatic ring is 1. The molecule has 94 valence electrons. The number of nitrogens with two attached hydrogens (primary N) is 1. The van der Waals surface area contributed by atoms with Crippen molar-refractivity contribution in [2.24, 2.45) is 0 Å². The molecule has 0 bridgehead atoms. The fourth-order valence-corrected chi connectivity index (χ4v) is 1.62. The van der Waals surface area contributed by atoms with Crippen molar-refractivity contribution in [2.75, 3.05) is 5.73 Å². The Kier molecular flexibility index (Phi) is 3.67. The van der Waals surface area contributed by atoms with Gasteiger partial charge < -0.3 is 10.5 Å². The Bertz CT molecular complexity index is 573. The quantitative estimate of drug-likeness (QED) is 0.861. The topological polar surface area (TPSA) is 35.2 Å². The van der Waals surface area contributed by atoms with Crippen molar-refractivity contribution in [2.45, 2.75) is 6.61 Å². The number of halogens is 3. The van der Waals surface area contributed by atoms with Crippen LogP contribution in [-0.4, -0.2) is 0 Å². The van der Waals surface area contributed by atoms with Crippen LogP contribution in [0.3, 0.4) is 0 Å². The summed E-state index contributed by atoms with van der Waals surface area (Å²) in [5.74, 6) is -1.06. The van der Waals surface area contributed by atoms with Crippen LogP contribution in [0.4, 0.5) is 14.5 Å². The second-order valence-electron chi connectivity index (χ2n) is 3.68. The maximum Gasteiger partial charge on any atom is 0.183 e. The Labute approximate surface area is 108 Å². The van der Waals surface area contributed by atoms with Crippen LogP contribution in [0.2, 0.25) is 5.02 Å². The van der Waals surface area contributed by atoms with E-state index in [0.29, 0.717) is 11.3 Å². The summed E-state index contributed by atoms with van der Waals surface area (Å²) in [7, 11) is 0. The molecular formula is C13H10ClF2NO. The van der Waals surface area contributed by atoms with Crippen molar-refractivity contribution in [3.63, 3.8) is 0 Å². The van der Waals surface area contributed by atoms with Crippen LogP contribution in [0.5, 0.6) is 5.75 Å². The molecule has 18 heavy (non-hydrogen) atoms. The minimum Gasteiger partial charge on any atom is -0.486 e. The summed E-state index contributed by atoms with van der Waals surface area (Å²) in [5.41, 5.74) is 6.50. The van der Waals surface area contributed by atoms with Gasteiger partial charge in [0, 0.05) is 11.3 Å². The van der Waals surface area contributed by atoms with Gasteiger partial charge in [-0.05, 0) is 30.3 Å². The molecule has 2 aromatic rings. The summed E-state index contributed by atoms with van der Waals surface area (Å²) < 4.78 is 31.8. The van der Waals surface area contributed by atoms with Crippen LogP contribution >= 0.6 is 11.6 Å². The lowest BCUT2D eigenvalue weighted by atomic mass is 10.2. The minimum atomic E-state index is -0.644. The van der Waals surface area contributed by atoms with Gasteiger partial charge in [-0.2, -0.15) is 0 Å². The predicted molar refractivity (Wildman–Crippen MR) is 66.6 cm³/mol. The molecule has 0 heterocycles. The van der Waals surface area contributed by atoms with Crippen LogP contribution in [0.15, 0.2) is 36.4 Å². The van der Waals surface area contributed by atoms with E-state index in [9.17, 15) is 8.78 Å². The smallest absolute Gasteiger partial charge is 0.183 e. The minimum absolute atomic E-state index is 0.00570. The number of ether oxygens (including phenoxy) is 1. The van der Waals surface area contributed by atoms with Crippen LogP contribution in [0.25, 0.3) is 0 Å². The SMILES string of the molecule is Nc1ccc(F)cc1COc1cccc(Cl)c1F. The summed E-state index contributed by atoms with van der Waals surface area (Å²) >= 11 is 5.61. The summed E-state index contributed by atoms with van der Waals surface area (Å²) in [4.78, 5) is 0. The third-order valence-corrected chi connectivity index (χ3v) is 2.70. The second-order valence-corrected chi connectivity index (χ2v) is 4.09. The van der Waals surface area contributed by atoms with Crippen molar-refractivity contribution in [1.29, 1.82) is 0 Å². The van der Waals surface area contributed by atoms with E-state index in [4.69, 9.17) is 22.1 Å². The van der Waals surface area contributed by atoms with Gasteiger partial charge in [0.05, 0.1) is 5.02 Å². The monoisotopic (exact) mass is 269 g/mol. The van der Waals surface area contributed by atoms with Crippen LogP contribution < -0.4 is 10.5 Å². The number of hydrogen-bond acceptors (Lipinski definition) is 2. The molecule has 0 radical (unpaired) electrons. The van der Waals surface area contributed by atoms with Gasteiger partial charge in [0.1, 0.15) is 12.4 Å². The highest BCUT2D eigenvalue weighted by molar-refractivity contribution is 6.30. The fraction of sp³-hybridized carbons (Fsp3) is 0.0769. The number of hydrogen-bond donors (Lipinski definition) is 1. The van der Waals surface area contributed by atoms with Crippen molar-refractivity contribution >= 4 is 17.3 Å². The molecule has 2 rings (SSSR count). The molecule has 0 aliphatic heterocycles. The predicted octanol–water partition coefficient (Wildman–Crippen LogP) is 3.78. The molecule has 2 N–H and O–H groups in total. The lowest BCUT2D eigenvalue weighted by Crippen LogP contribution is -2.02. The second kappa shape index (κ2) is 5.23. The summed E-state index contributed by atoms with van der Waals surface area (Å²) in [6.45, 7) is -0.0269. The summed E-state index contributed by atoms with van der Waals surface area (Å²) in [6.07, 6.45) is 0. The van der Waals surface area contributed by atoms with Gasteiger partial charge in [0.2, 0.25) is 0 Å². The van der Waals surface area contributed by atoms with E-state index in [0.717, 1.165) is 0 Å². The van der Waals surface area contributed by atoms with Gasteiger partial charge in [-0.1, -0.05) is 17.7 Å². The van der Waals surface area contributed by atoms with Crippen molar-refractivity contribution in [1.82, 2.24) is 0 Å². The third kappa shape index (κ3) is 2.71. The van der Waals surface area contributed by atoms with Gasteiger partial charge in [-0.15, -0.1) is 0 Å². The Morgan fingerprint density at radius 1 is 1.17 bits per heavy atom. The lowest BCUT2D eigenvalue weighted by Gasteiger charge is -2.09. The fourth-order valence-electron chi connectivity index (χ4n) is 1.45. The number of rotatable bonds is 3. The average molecular weight is 270 g/mol. The van der Waals surface area contributed by atoms with Crippen molar-refractivity contribution in [3.8, 4) is 5.75 Å². The standard InChI is InChI=1S/C13H10ClF2NO/c14-10-2-1-3-12(13(10)16)18-7-8-6-9(15)4-5-11(8)17/h1-6H,7,17H2. The first-order valence-corrected chi connectivity index (χ1v) is 5.56. The molecule has 0 amide bonds. The molecule has 0 saturated heterocycles. The number of anilines is 1. The Morgan fingerprint density at radius 2 is 1.94 bits per heavy atom. The van der Waals surface area contributed by atoms with Gasteiger partial charge >= 0.3 is 0 Å². The Morgan fingerprint density at radius 3 is 2.72 bits per heavy atom. The molecule has 0 aromatic heterocycles. The summed E-state index contributed by atoms with van der Waals surface area (Å²) in [6, 6.07) is 8.35. The Balaban J connectivity index is 2.16. The van der Waals surface area contributed by atoms with Crippen LogP contribution in [-0.2, 0) is 6.61 Å². The molecule has 2 aromatic carbocycles. The molecule has 0 unspecified atom stereocenters. The molecule has 0 aliphatic carbocycles.